The third kappa shape index (κ3) is 4.64. The number of alkyl halides is 2. The Morgan fingerprint density at radius 3 is 2.41 bits per heavy atom. The maximum absolute atomic E-state index is 13.6. The molecule has 1 aliphatic heterocycles. The number of benzene rings is 2. The standard InChI is InChI=1S/C24H27F2N3O3/c1-14-20(21(30)27-16-9-7-8-15(12-16)24(5,25)26)22(31)29(28-14)19-11-10-17(32-6)13-18(19)23(2,3)4/h7-13,20H,1-6H3,(H,27,30). The van der Waals surface area contributed by atoms with Crippen LogP contribution in [0, 0.1) is 5.92 Å². The highest BCUT2D eigenvalue weighted by Crippen LogP contribution is 2.37. The molecule has 170 valence electrons. The Balaban J connectivity index is 1.89. The number of anilines is 2. The minimum absolute atomic E-state index is 0.188. The zero-order chi connectivity index (χ0) is 23.8. The van der Waals surface area contributed by atoms with Crippen molar-refractivity contribution in [1.82, 2.24) is 0 Å². The largest absolute Gasteiger partial charge is 0.497 e. The molecule has 8 heteroatoms. The summed E-state index contributed by atoms with van der Waals surface area (Å²) in [6, 6.07) is 10.7. The predicted molar refractivity (Wildman–Crippen MR) is 120 cm³/mol. The summed E-state index contributed by atoms with van der Waals surface area (Å²) in [4.78, 5) is 26.1. The molecule has 1 N–H and O–H groups in total. The summed E-state index contributed by atoms with van der Waals surface area (Å²) in [6.07, 6.45) is 0. The highest BCUT2D eigenvalue weighted by molar-refractivity contribution is 6.28. The molecule has 0 radical (unpaired) electrons. The molecule has 2 aromatic carbocycles. The molecule has 3 rings (SSSR count). The number of halogens is 2. The molecule has 0 saturated heterocycles. The lowest BCUT2D eigenvalue weighted by Crippen LogP contribution is -2.36. The number of ether oxygens (including phenoxy) is 1. The monoisotopic (exact) mass is 443 g/mol. The normalized spacial score (nSPS) is 16.8. The van der Waals surface area contributed by atoms with E-state index >= 15 is 0 Å². The zero-order valence-corrected chi connectivity index (χ0v) is 19.0. The fourth-order valence-electron chi connectivity index (χ4n) is 3.55. The van der Waals surface area contributed by atoms with Gasteiger partial charge in [-0.3, -0.25) is 9.59 Å². The second-order valence-corrected chi connectivity index (χ2v) is 8.92. The lowest BCUT2D eigenvalue weighted by molar-refractivity contribution is -0.127. The van der Waals surface area contributed by atoms with Crippen LogP contribution in [0.3, 0.4) is 0 Å². The van der Waals surface area contributed by atoms with Crippen LogP contribution in [0.1, 0.15) is 45.7 Å². The molecule has 1 heterocycles. The summed E-state index contributed by atoms with van der Waals surface area (Å²) in [6.45, 7) is 8.39. The van der Waals surface area contributed by atoms with E-state index in [0.29, 0.717) is 17.1 Å². The molecule has 6 nitrogen and oxygen atoms in total. The smallest absolute Gasteiger partial charge is 0.270 e. The van der Waals surface area contributed by atoms with Gasteiger partial charge in [0.1, 0.15) is 5.75 Å². The maximum atomic E-state index is 13.6. The SMILES string of the molecule is COc1ccc(N2N=C(C)C(C(=O)Nc3cccc(C(C)(F)F)c3)C2=O)c(C(C)(C)C)c1. The van der Waals surface area contributed by atoms with Crippen LogP contribution in [0.25, 0.3) is 0 Å². The molecule has 2 aromatic rings. The van der Waals surface area contributed by atoms with Gasteiger partial charge in [-0.25, -0.2) is 8.78 Å². The van der Waals surface area contributed by atoms with E-state index in [2.05, 4.69) is 10.4 Å². The summed E-state index contributed by atoms with van der Waals surface area (Å²) in [5.74, 6) is -4.69. The first kappa shape index (κ1) is 23.4. The van der Waals surface area contributed by atoms with E-state index in [1.165, 1.54) is 29.3 Å². The molecule has 1 atom stereocenters. The van der Waals surface area contributed by atoms with Crippen molar-refractivity contribution in [2.75, 3.05) is 17.4 Å². The number of nitrogens with one attached hydrogen (secondary N) is 1. The molecule has 0 spiro atoms. The third-order valence-electron chi connectivity index (χ3n) is 5.27. The molecule has 0 saturated carbocycles. The van der Waals surface area contributed by atoms with Crippen molar-refractivity contribution in [3.05, 3.63) is 53.6 Å². The first-order valence-electron chi connectivity index (χ1n) is 10.2. The third-order valence-corrected chi connectivity index (χ3v) is 5.27. The van der Waals surface area contributed by atoms with Gasteiger partial charge in [-0.1, -0.05) is 32.9 Å². The number of carbonyl (C=O) groups excluding carboxylic acids is 2. The van der Waals surface area contributed by atoms with Crippen LogP contribution >= 0.6 is 0 Å². The minimum atomic E-state index is -3.05. The average molecular weight is 443 g/mol. The van der Waals surface area contributed by atoms with Crippen molar-refractivity contribution >= 4 is 28.9 Å². The second kappa shape index (κ2) is 8.33. The summed E-state index contributed by atoms with van der Waals surface area (Å²) in [7, 11) is 1.56. The number of hydrogen-bond acceptors (Lipinski definition) is 4. The molecular weight excluding hydrogens is 416 g/mol. The van der Waals surface area contributed by atoms with E-state index in [1.807, 2.05) is 26.8 Å². The van der Waals surface area contributed by atoms with Gasteiger partial charge in [-0.15, -0.1) is 0 Å². The van der Waals surface area contributed by atoms with Crippen LogP contribution < -0.4 is 15.1 Å². The van der Waals surface area contributed by atoms with Gasteiger partial charge in [0.15, 0.2) is 5.92 Å². The van der Waals surface area contributed by atoms with Gasteiger partial charge in [0.25, 0.3) is 11.8 Å². The van der Waals surface area contributed by atoms with Gasteiger partial charge in [0.05, 0.1) is 18.5 Å². The van der Waals surface area contributed by atoms with Crippen molar-refractivity contribution in [1.29, 1.82) is 0 Å². The molecule has 0 fully saturated rings. The van der Waals surface area contributed by atoms with E-state index in [4.69, 9.17) is 4.74 Å². The quantitative estimate of drug-likeness (QED) is 0.655. The van der Waals surface area contributed by atoms with E-state index in [1.54, 1.807) is 26.2 Å². The summed E-state index contributed by atoms with van der Waals surface area (Å²) in [5.41, 5.74) is 1.35. The zero-order valence-electron chi connectivity index (χ0n) is 19.0. The number of amides is 2. The van der Waals surface area contributed by atoms with Gasteiger partial charge in [0.2, 0.25) is 5.91 Å². The average Bonchev–Trinajstić information content (AvgIpc) is 3.00. The predicted octanol–water partition coefficient (Wildman–Crippen LogP) is 5.08. The van der Waals surface area contributed by atoms with Crippen LogP contribution in [-0.4, -0.2) is 24.6 Å². The van der Waals surface area contributed by atoms with Gasteiger partial charge >= 0.3 is 0 Å². The van der Waals surface area contributed by atoms with Gasteiger partial charge < -0.3 is 10.1 Å². The van der Waals surface area contributed by atoms with Gasteiger partial charge in [-0.05, 0) is 48.2 Å². The van der Waals surface area contributed by atoms with Crippen molar-refractivity contribution < 1.29 is 23.1 Å². The Morgan fingerprint density at radius 1 is 1.12 bits per heavy atom. The van der Waals surface area contributed by atoms with E-state index in [0.717, 1.165) is 12.5 Å². The number of methoxy groups -OCH3 is 1. The molecule has 0 bridgehead atoms. The number of carbonyl (C=O) groups is 2. The van der Waals surface area contributed by atoms with Gasteiger partial charge in [0, 0.05) is 18.2 Å². The van der Waals surface area contributed by atoms with Crippen LogP contribution in [0.5, 0.6) is 5.75 Å². The number of rotatable bonds is 5. The second-order valence-electron chi connectivity index (χ2n) is 8.92. The Bertz CT molecular complexity index is 1080. The van der Waals surface area contributed by atoms with Crippen LogP contribution in [0.15, 0.2) is 47.6 Å². The number of hydrazone groups is 1. The van der Waals surface area contributed by atoms with Crippen molar-refractivity contribution in [3.8, 4) is 5.75 Å². The lowest BCUT2D eigenvalue weighted by atomic mass is 9.85. The fraction of sp³-hybridized carbons (Fsp3) is 0.375. The fourth-order valence-corrected chi connectivity index (χ4v) is 3.55. The van der Waals surface area contributed by atoms with E-state index < -0.39 is 23.7 Å². The van der Waals surface area contributed by atoms with Crippen molar-refractivity contribution in [3.63, 3.8) is 0 Å². The lowest BCUT2D eigenvalue weighted by Gasteiger charge is -2.26. The highest BCUT2D eigenvalue weighted by Gasteiger charge is 2.41. The van der Waals surface area contributed by atoms with Crippen molar-refractivity contribution in [2.45, 2.75) is 46.0 Å². The number of hydrogen-bond donors (Lipinski definition) is 1. The van der Waals surface area contributed by atoms with Crippen LogP contribution in [-0.2, 0) is 20.9 Å². The Hall–Kier alpha value is -3.29. The van der Waals surface area contributed by atoms with Crippen LogP contribution in [0.4, 0.5) is 20.2 Å². The first-order chi connectivity index (χ1) is 14.8. The van der Waals surface area contributed by atoms with E-state index in [9.17, 15) is 18.4 Å². The minimum Gasteiger partial charge on any atom is -0.497 e. The summed E-state index contributed by atoms with van der Waals surface area (Å²) < 4.78 is 32.6. The van der Waals surface area contributed by atoms with Gasteiger partial charge in [-0.2, -0.15) is 10.1 Å². The molecular formula is C24H27F2N3O3. The molecule has 1 unspecified atom stereocenters. The Labute approximate surface area is 186 Å². The number of nitrogens with zero attached hydrogens (tertiary/aromatic N) is 2. The maximum Gasteiger partial charge on any atom is 0.270 e. The van der Waals surface area contributed by atoms with Crippen LogP contribution in [0.2, 0.25) is 0 Å². The molecule has 2 amide bonds. The topological polar surface area (TPSA) is 71.0 Å². The van der Waals surface area contributed by atoms with E-state index in [-0.39, 0.29) is 16.7 Å². The Morgan fingerprint density at radius 2 is 1.81 bits per heavy atom. The summed E-state index contributed by atoms with van der Waals surface area (Å²) >= 11 is 0. The highest BCUT2D eigenvalue weighted by atomic mass is 19.3. The van der Waals surface area contributed by atoms with Crippen molar-refractivity contribution in [2.24, 2.45) is 11.0 Å². The molecule has 1 aliphatic rings. The molecule has 32 heavy (non-hydrogen) atoms. The Kier molecular flexibility index (Phi) is 6.09. The first-order valence-corrected chi connectivity index (χ1v) is 10.2. The molecule has 0 aliphatic carbocycles. The summed E-state index contributed by atoms with van der Waals surface area (Å²) in [5, 5.41) is 8.15. The molecule has 0 aromatic heterocycles.